The molecule has 0 heterocycles. The number of hydrogen-bond acceptors (Lipinski definition) is 6. The summed E-state index contributed by atoms with van der Waals surface area (Å²) in [6, 6.07) is 0. The largest absolute Gasteiger partial charge is 0.462 e. The van der Waals surface area contributed by atoms with Crippen molar-refractivity contribution in [2.75, 3.05) is 13.2 Å². The number of carbonyl (C=O) groups excluding carboxylic acids is 3. The molecule has 440 valence electrons. The van der Waals surface area contributed by atoms with Crippen LogP contribution in [0.1, 0.15) is 367 Å². The van der Waals surface area contributed by atoms with Gasteiger partial charge in [-0.05, 0) is 57.8 Å². The lowest BCUT2D eigenvalue weighted by Crippen LogP contribution is -2.30. The molecule has 0 bridgehead atoms. The third kappa shape index (κ3) is 62.4. The quantitative estimate of drug-likeness (QED) is 0.0261. The van der Waals surface area contributed by atoms with E-state index in [0.717, 1.165) is 77.0 Å². The number of hydrogen-bond donors (Lipinski definition) is 0. The molecule has 1 atom stereocenters. The molecule has 0 radical (unpaired) electrons. The van der Waals surface area contributed by atoms with Crippen LogP contribution >= 0.6 is 0 Å². The Morgan fingerprint density at radius 1 is 0.267 bits per heavy atom. The first-order chi connectivity index (χ1) is 37.0. The second-order valence-corrected chi connectivity index (χ2v) is 22.7. The van der Waals surface area contributed by atoms with Gasteiger partial charge in [-0.15, -0.1) is 0 Å². The minimum Gasteiger partial charge on any atom is -0.462 e. The predicted molar refractivity (Wildman–Crippen MR) is 326 cm³/mol. The van der Waals surface area contributed by atoms with Gasteiger partial charge in [-0.25, -0.2) is 0 Å². The van der Waals surface area contributed by atoms with Crippen LogP contribution in [0.15, 0.2) is 36.5 Å². The standard InChI is InChI=1S/C69H128O6/c1-4-7-10-13-16-19-22-25-27-29-31-33-35-37-38-40-42-44-47-50-53-56-59-62-68(71)74-65-66(64-73-67(70)61-58-55-52-49-46-24-21-18-15-12-9-6-3)75-69(72)63-60-57-54-51-48-45-43-41-39-36-34-32-30-28-26-23-20-17-14-11-8-5-2/h22,25,29,31,35,37,66H,4-21,23-24,26-28,30,32-34,36,38-65H2,1-3H3/b25-22-,31-29-,37-35-. The van der Waals surface area contributed by atoms with Crippen molar-refractivity contribution in [3.8, 4) is 0 Å². The van der Waals surface area contributed by atoms with E-state index in [-0.39, 0.29) is 31.1 Å². The zero-order chi connectivity index (χ0) is 54.3. The lowest BCUT2D eigenvalue weighted by molar-refractivity contribution is -0.167. The molecule has 0 spiro atoms. The SMILES string of the molecule is CCCCCCC/C=C\C/C=C\C/C=C\CCCCCCCCCCC(=O)OCC(COC(=O)CCCCCCCCCCCCCC)OC(=O)CCCCCCCCCCCCCCCCCCCCCCCC. The first-order valence-electron chi connectivity index (χ1n) is 33.5. The van der Waals surface area contributed by atoms with Gasteiger partial charge in [0, 0.05) is 19.3 Å². The maximum atomic E-state index is 12.9. The summed E-state index contributed by atoms with van der Waals surface area (Å²) in [6.45, 7) is 6.69. The molecule has 0 aromatic carbocycles. The molecule has 0 aromatic heterocycles. The van der Waals surface area contributed by atoms with Crippen molar-refractivity contribution < 1.29 is 28.6 Å². The number of unbranched alkanes of at least 4 members (excludes halogenated alkanes) is 45. The van der Waals surface area contributed by atoms with Gasteiger partial charge in [-0.2, -0.15) is 0 Å². The van der Waals surface area contributed by atoms with Crippen LogP contribution in [0.2, 0.25) is 0 Å². The molecule has 1 unspecified atom stereocenters. The summed E-state index contributed by atoms with van der Waals surface area (Å²) >= 11 is 0. The first kappa shape index (κ1) is 72.6. The number of ether oxygens (including phenoxy) is 3. The van der Waals surface area contributed by atoms with Crippen LogP contribution in [0.3, 0.4) is 0 Å². The van der Waals surface area contributed by atoms with Crippen molar-refractivity contribution >= 4 is 17.9 Å². The predicted octanol–water partition coefficient (Wildman–Crippen LogP) is 22.8. The van der Waals surface area contributed by atoms with Crippen LogP contribution in [-0.2, 0) is 28.6 Å². The molecule has 0 saturated heterocycles. The molecule has 0 N–H and O–H groups in total. The highest BCUT2D eigenvalue weighted by Gasteiger charge is 2.19. The maximum absolute atomic E-state index is 12.9. The lowest BCUT2D eigenvalue weighted by atomic mass is 10.0. The summed E-state index contributed by atoms with van der Waals surface area (Å²) in [6.07, 6.45) is 78.7. The molecule has 0 aliphatic carbocycles. The van der Waals surface area contributed by atoms with E-state index in [1.807, 2.05) is 0 Å². The first-order valence-corrected chi connectivity index (χ1v) is 33.5. The fraction of sp³-hybridized carbons (Fsp3) is 0.870. The Labute approximate surface area is 467 Å². The Bertz CT molecular complexity index is 1250. The van der Waals surface area contributed by atoms with Gasteiger partial charge >= 0.3 is 17.9 Å². The Morgan fingerprint density at radius 3 is 0.747 bits per heavy atom. The van der Waals surface area contributed by atoms with E-state index in [1.54, 1.807) is 0 Å². The Kier molecular flexibility index (Phi) is 62.1. The Balaban J connectivity index is 4.26. The fourth-order valence-electron chi connectivity index (χ4n) is 10.1. The lowest BCUT2D eigenvalue weighted by Gasteiger charge is -2.18. The normalized spacial score (nSPS) is 12.2. The second-order valence-electron chi connectivity index (χ2n) is 22.7. The summed E-state index contributed by atoms with van der Waals surface area (Å²) in [5.41, 5.74) is 0. The molecule has 0 amide bonds. The fourth-order valence-corrected chi connectivity index (χ4v) is 10.1. The highest BCUT2D eigenvalue weighted by atomic mass is 16.6. The van der Waals surface area contributed by atoms with E-state index in [4.69, 9.17) is 14.2 Å². The highest BCUT2D eigenvalue weighted by molar-refractivity contribution is 5.71. The van der Waals surface area contributed by atoms with Gasteiger partial charge in [0.1, 0.15) is 13.2 Å². The van der Waals surface area contributed by atoms with Gasteiger partial charge in [-0.1, -0.05) is 327 Å². The minimum atomic E-state index is -0.772. The van der Waals surface area contributed by atoms with Crippen molar-refractivity contribution in [1.29, 1.82) is 0 Å². The highest BCUT2D eigenvalue weighted by Crippen LogP contribution is 2.18. The van der Waals surface area contributed by atoms with Gasteiger partial charge in [0.05, 0.1) is 0 Å². The molecule has 0 aliphatic rings. The van der Waals surface area contributed by atoms with Crippen molar-refractivity contribution in [3.05, 3.63) is 36.5 Å². The number of rotatable bonds is 62. The summed E-state index contributed by atoms with van der Waals surface area (Å²) < 4.78 is 17.0. The molecule has 0 rings (SSSR count). The molecular formula is C69H128O6. The number of allylic oxidation sites excluding steroid dienone is 6. The topological polar surface area (TPSA) is 78.9 Å². The minimum absolute atomic E-state index is 0.0689. The maximum Gasteiger partial charge on any atom is 0.306 e. The molecule has 0 aliphatic heterocycles. The van der Waals surface area contributed by atoms with Gasteiger partial charge in [-0.3, -0.25) is 14.4 Å². The number of esters is 3. The van der Waals surface area contributed by atoms with Crippen LogP contribution in [-0.4, -0.2) is 37.2 Å². The van der Waals surface area contributed by atoms with Gasteiger partial charge in [0.25, 0.3) is 0 Å². The average molecular weight is 1050 g/mol. The van der Waals surface area contributed by atoms with E-state index in [9.17, 15) is 14.4 Å². The van der Waals surface area contributed by atoms with Crippen LogP contribution in [0.25, 0.3) is 0 Å². The summed E-state index contributed by atoms with van der Waals surface area (Å²) in [4.78, 5) is 38.3. The Hall–Kier alpha value is -2.37. The zero-order valence-corrected chi connectivity index (χ0v) is 50.6. The van der Waals surface area contributed by atoms with Crippen molar-refractivity contribution in [3.63, 3.8) is 0 Å². The summed E-state index contributed by atoms with van der Waals surface area (Å²) in [5, 5.41) is 0. The number of carbonyl (C=O) groups is 3. The van der Waals surface area contributed by atoms with E-state index in [0.29, 0.717) is 19.3 Å². The smallest absolute Gasteiger partial charge is 0.306 e. The van der Waals surface area contributed by atoms with Crippen LogP contribution in [0.4, 0.5) is 0 Å². The van der Waals surface area contributed by atoms with Crippen molar-refractivity contribution in [1.82, 2.24) is 0 Å². The molecule has 75 heavy (non-hydrogen) atoms. The van der Waals surface area contributed by atoms with Crippen molar-refractivity contribution in [2.24, 2.45) is 0 Å². The molecule has 6 nitrogen and oxygen atoms in total. The molecule has 0 saturated carbocycles. The Morgan fingerprint density at radius 2 is 0.480 bits per heavy atom. The molecule has 0 aromatic rings. The third-order valence-electron chi connectivity index (χ3n) is 15.1. The van der Waals surface area contributed by atoms with Gasteiger partial charge in [0.15, 0.2) is 6.10 Å². The van der Waals surface area contributed by atoms with Gasteiger partial charge < -0.3 is 14.2 Å². The molecule has 0 fully saturated rings. The molecule has 6 heteroatoms. The average Bonchev–Trinajstić information content (AvgIpc) is 3.41. The second kappa shape index (κ2) is 64.2. The third-order valence-corrected chi connectivity index (χ3v) is 15.1. The van der Waals surface area contributed by atoms with E-state index in [1.165, 1.54) is 250 Å². The zero-order valence-electron chi connectivity index (χ0n) is 50.6. The van der Waals surface area contributed by atoms with E-state index >= 15 is 0 Å². The summed E-state index contributed by atoms with van der Waals surface area (Å²) in [7, 11) is 0. The van der Waals surface area contributed by atoms with E-state index < -0.39 is 6.10 Å². The van der Waals surface area contributed by atoms with Crippen LogP contribution in [0, 0.1) is 0 Å². The van der Waals surface area contributed by atoms with E-state index in [2.05, 4.69) is 57.2 Å². The van der Waals surface area contributed by atoms with Gasteiger partial charge in [0.2, 0.25) is 0 Å². The monoisotopic (exact) mass is 1050 g/mol. The van der Waals surface area contributed by atoms with Crippen molar-refractivity contribution in [2.45, 2.75) is 374 Å². The molecular weight excluding hydrogens is 925 g/mol. The van der Waals surface area contributed by atoms with Crippen LogP contribution < -0.4 is 0 Å². The van der Waals surface area contributed by atoms with Crippen LogP contribution in [0.5, 0.6) is 0 Å². The summed E-state index contributed by atoms with van der Waals surface area (Å²) in [5.74, 6) is -0.850.